The zero-order valence-electron chi connectivity index (χ0n) is 11.6. The Morgan fingerprint density at radius 1 is 1.05 bits per heavy atom. The van der Waals surface area contributed by atoms with Crippen LogP contribution in [-0.4, -0.2) is 22.8 Å². The van der Waals surface area contributed by atoms with E-state index in [1.165, 1.54) is 11.1 Å². The van der Waals surface area contributed by atoms with Gasteiger partial charge < -0.3 is 5.32 Å². The van der Waals surface area contributed by atoms with Gasteiger partial charge in [-0.25, -0.2) is 9.97 Å². The van der Waals surface area contributed by atoms with Crippen LogP contribution in [-0.2, 0) is 0 Å². The summed E-state index contributed by atoms with van der Waals surface area (Å²) in [6.45, 7) is 4.10. The van der Waals surface area contributed by atoms with Gasteiger partial charge in [0.1, 0.15) is 0 Å². The van der Waals surface area contributed by atoms with Crippen molar-refractivity contribution in [1.82, 2.24) is 15.3 Å². The molecule has 0 fully saturated rings. The molecule has 4 heteroatoms. The number of hydrogen-bond donors (Lipinski definition) is 1. The van der Waals surface area contributed by atoms with Gasteiger partial charge >= 0.3 is 0 Å². The Bertz CT molecular complexity index is 508. The van der Waals surface area contributed by atoms with Gasteiger partial charge in [0.05, 0.1) is 0 Å². The molecule has 0 amide bonds. The molecule has 0 saturated heterocycles. The monoisotopic (exact) mass is 273 g/mol. The van der Waals surface area contributed by atoms with Crippen LogP contribution in [0.2, 0.25) is 0 Å². The highest BCUT2D eigenvalue weighted by Crippen LogP contribution is 2.22. The zero-order valence-corrected chi connectivity index (χ0v) is 12.4. The molecule has 2 rings (SSSR count). The molecule has 0 saturated carbocycles. The Kier molecular flexibility index (Phi) is 4.93. The number of aryl methyl sites for hydroxylation is 2. The number of nitrogens with one attached hydrogen (secondary N) is 1. The van der Waals surface area contributed by atoms with E-state index in [1.54, 1.807) is 11.8 Å². The van der Waals surface area contributed by atoms with E-state index >= 15 is 0 Å². The van der Waals surface area contributed by atoms with Crippen LogP contribution in [0.15, 0.2) is 41.8 Å². The molecule has 0 radical (unpaired) electrons. The minimum atomic E-state index is 0.315. The highest BCUT2D eigenvalue weighted by Gasteiger charge is 2.10. The maximum atomic E-state index is 4.32. The first-order valence-electron chi connectivity index (χ1n) is 6.34. The van der Waals surface area contributed by atoms with E-state index in [4.69, 9.17) is 0 Å². The molecule has 1 aromatic heterocycles. The van der Waals surface area contributed by atoms with Gasteiger partial charge in [-0.15, -0.1) is 0 Å². The summed E-state index contributed by atoms with van der Waals surface area (Å²) in [7, 11) is 1.99. The van der Waals surface area contributed by atoms with Crippen molar-refractivity contribution in [2.75, 3.05) is 12.8 Å². The van der Waals surface area contributed by atoms with Crippen molar-refractivity contribution in [2.45, 2.75) is 25.0 Å². The van der Waals surface area contributed by atoms with E-state index in [9.17, 15) is 0 Å². The van der Waals surface area contributed by atoms with E-state index in [0.717, 1.165) is 16.5 Å². The van der Waals surface area contributed by atoms with Gasteiger partial charge in [0.2, 0.25) is 0 Å². The summed E-state index contributed by atoms with van der Waals surface area (Å²) in [5.41, 5.74) is 3.67. The molecule has 0 spiro atoms. The number of rotatable bonds is 5. The van der Waals surface area contributed by atoms with Gasteiger partial charge in [0, 0.05) is 24.2 Å². The van der Waals surface area contributed by atoms with E-state index in [-0.39, 0.29) is 0 Å². The van der Waals surface area contributed by atoms with Crippen molar-refractivity contribution in [2.24, 2.45) is 0 Å². The molecule has 0 bridgehead atoms. The van der Waals surface area contributed by atoms with E-state index in [2.05, 4.69) is 46.5 Å². The fraction of sp³-hybridized carbons (Fsp3) is 0.333. The molecule has 0 aliphatic heterocycles. The largest absolute Gasteiger partial charge is 0.312 e. The molecule has 19 heavy (non-hydrogen) atoms. The lowest BCUT2D eigenvalue weighted by atomic mass is 10.1. The molecule has 2 aromatic rings. The summed E-state index contributed by atoms with van der Waals surface area (Å²) in [5, 5.41) is 4.17. The molecule has 1 aromatic carbocycles. The second-order valence-electron chi connectivity index (χ2n) is 4.61. The van der Waals surface area contributed by atoms with Crippen molar-refractivity contribution < 1.29 is 0 Å². The van der Waals surface area contributed by atoms with E-state index < -0.39 is 0 Å². The fourth-order valence-corrected chi connectivity index (χ4v) is 2.69. The van der Waals surface area contributed by atoms with Gasteiger partial charge in [-0.2, -0.15) is 0 Å². The van der Waals surface area contributed by atoms with Gasteiger partial charge in [0.25, 0.3) is 0 Å². The Morgan fingerprint density at radius 3 is 2.26 bits per heavy atom. The Morgan fingerprint density at radius 2 is 1.68 bits per heavy atom. The van der Waals surface area contributed by atoms with Crippen LogP contribution in [0.4, 0.5) is 0 Å². The number of aromatic nitrogens is 2. The van der Waals surface area contributed by atoms with Gasteiger partial charge in [-0.05, 0) is 32.0 Å². The van der Waals surface area contributed by atoms with Crippen molar-refractivity contribution in [3.05, 3.63) is 53.3 Å². The maximum Gasteiger partial charge on any atom is 0.187 e. The molecular formula is C15H19N3S. The predicted molar refractivity (Wildman–Crippen MR) is 80.5 cm³/mol. The third-order valence-electron chi connectivity index (χ3n) is 2.96. The van der Waals surface area contributed by atoms with Crippen LogP contribution in [0.25, 0.3) is 0 Å². The minimum Gasteiger partial charge on any atom is -0.312 e. The maximum absolute atomic E-state index is 4.32. The molecular weight excluding hydrogens is 254 g/mol. The SMILES string of the molecule is CNC(CSc1ncc(C)cn1)c1ccc(C)cc1. The Balaban J connectivity index is 1.99. The Hall–Kier alpha value is -1.39. The van der Waals surface area contributed by atoms with Crippen LogP contribution >= 0.6 is 11.8 Å². The van der Waals surface area contributed by atoms with E-state index in [0.29, 0.717) is 6.04 Å². The molecule has 1 unspecified atom stereocenters. The zero-order chi connectivity index (χ0) is 13.7. The van der Waals surface area contributed by atoms with E-state index in [1.807, 2.05) is 26.4 Å². The topological polar surface area (TPSA) is 37.8 Å². The summed E-state index contributed by atoms with van der Waals surface area (Å²) >= 11 is 1.68. The highest BCUT2D eigenvalue weighted by molar-refractivity contribution is 7.99. The summed E-state index contributed by atoms with van der Waals surface area (Å²) in [6.07, 6.45) is 3.71. The van der Waals surface area contributed by atoms with Crippen molar-refractivity contribution in [3.8, 4) is 0 Å². The molecule has 1 atom stereocenters. The summed E-state index contributed by atoms with van der Waals surface area (Å²) in [5.74, 6) is 0.919. The third kappa shape index (κ3) is 4.04. The molecule has 0 aliphatic carbocycles. The average Bonchev–Trinajstić information content (AvgIpc) is 2.43. The van der Waals surface area contributed by atoms with Gasteiger partial charge in [-0.3, -0.25) is 0 Å². The van der Waals surface area contributed by atoms with Crippen LogP contribution < -0.4 is 5.32 Å². The predicted octanol–water partition coefficient (Wildman–Crippen LogP) is 3.15. The summed E-state index contributed by atoms with van der Waals surface area (Å²) in [6, 6.07) is 8.95. The summed E-state index contributed by atoms with van der Waals surface area (Å²) < 4.78 is 0. The first-order valence-corrected chi connectivity index (χ1v) is 7.33. The minimum absolute atomic E-state index is 0.315. The average molecular weight is 273 g/mol. The molecule has 0 aliphatic rings. The fourth-order valence-electron chi connectivity index (χ4n) is 1.76. The van der Waals surface area contributed by atoms with Crippen LogP contribution in [0.5, 0.6) is 0 Å². The van der Waals surface area contributed by atoms with Crippen molar-refractivity contribution in [1.29, 1.82) is 0 Å². The van der Waals surface area contributed by atoms with Crippen molar-refractivity contribution >= 4 is 11.8 Å². The Labute approximate surface area is 118 Å². The van der Waals surface area contributed by atoms with Gasteiger partial charge in [-0.1, -0.05) is 41.6 Å². The quantitative estimate of drug-likeness (QED) is 0.671. The molecule has 1 N–H and O–H groups in total. The lowest BCUT2D eigenvalue weighted by Gasteiger charge is -2.16. The number of hydrogen-bond acceptors (Lipinski definition) is 4. The van der Waals surface area contributed by atoms with Gasteiger partial charge in [0.15, 0.2) is 5.16 Å². The molecule has 100 valence electrons. The lowest BCUT2D eigenvalue weighted by molar-refractivity contribution is 0.660. The second kappa shape index (κ2) is 6.68. The smallest absolute Gasteiger partial charge is 0.187 e. The lowest BCUT2D eigenvalue weighted by Crippen LogP contribution is -2.18. The molecule has 1 heterocycles. The van der Waals surface area contributed by atoms with Crippen LogP contribution in [0.3, 0.4) is 0 Å². The third-order valence-corrected chi connectivity index (χ3v) is 3.93. The van der Waals surface area contributed by atoms with Crippen LogP contribution in [0.1, 0.15) is 22.7 Å². The van der Waals surface area contributed by atoms with Crippen LogP contribution in [0, 0.1) is 13.8 Å². The summed E-state index contributed by atoms with van der Waals surface area (Å²) in [4.78, 5) is 8.63. The standard InChI is InChI=1S/C15H19N3S/c1-11-4-6-13(7-5-11)14(16-3)10-19-15-17-8-12(2)9-18-15/h4-9,14,16H,10H2,1-3H3. The highest BCUT2D eigenvalue weighted by atomic mass is 32.2. The first-order chi connectivity index (χ1) is 9.19. The first kappa shape index (κ1) is 14.0. The van der Waals surface area contributed by atoms with Crippen molar-refractivity contribution in [3.63, 3.8) is 0 Å². The second-order valence-corrected chi connectivity index (χ2v) is 5.59. The molecule has 3 nitrogen and oxygen atoms in total. The number of benzene rings is 1. The number of thioether (sulfide) groups is 1. The number of nitrogens with zero attached hydrogens (tertiary/aromatic N) is 2. The normalized spacial score (nSPS) is 12.4.